The predicted octanol–water partition coefficient (Wildman–Crippen LogP) is 4.97. The molecule has 1 unspecified atom stereocenters. The van der Waals surface area contributed by atoms with E-state index in [0.29, 0.717) is 0 Å². The van der Waals surface area contributed by atoms with Gasteiger partial charge in [-0.3, -0.25) is 0 Å². The van der Waals surface area contributed by atoms with Crippen molar-refractivity contribution in [2.45, 2.75) is 85.2 Å². The minimum atomic E-state index is -0.347. The summed E-state index contributed by atoms with van der Waals surface area (Å²) in [6, 6.07) is 0. The summed E-state index contributed by atoms with van der Waals surface area (Å²) < 4.78 is 0. The number of unbranched alkanes of at least 4 members (excludes halogenated alkanes) is 2. The summed E-state index contributed by atoms with van der Waals surface area (Å²) >= 11 is 0. The molecule has 0 aromatic heterocycles. The molecule has 1 heteroatoms. The molecule has 0 saturated carbocycles. The van der Waals surface area contributed by atoms with Crippen molar-refractivity contribution < 1.29 is 5.11 Å². The molecule has 0 fully saturated rings. The summed E-state index contributed by atoms with van der Waals surface area (Å²) in [5, 5.41) is 12.2. The fourth-order valence-electron chi connectivity index (χ4n) is 2.22. The summed E-state index contributed by atoms with van der Waals surface area (Å²) in [4.78, 5) is 0. The highest BCUT2D eigenvalue weighted by molar-refractivity contribution is 4.81. The van der Waals surface area contributed by atoms with Crippen LogP contribution in [-0.2, 0) is 5.11 Å². The zero-order valence-electron chi connectivity index (χ0n) is 11.1. The largest absolute Gasteiger partial charge is 0.233 e. The van der Waals surface area contributed by atoms with Crippen LogP contribution in [0.15, 0.2) is 0 Å². The molecule has 0 aromatic rings. The van der Waals surface area contributed by atoms with Gasteiger partial charge >= 0.3 is 0 Å². The Bertz CT molecular complexity index is 134. The van der Waals surface area contributed by atoms with Gasteiger partial charge in [0.25, 0.3) is 0 Å². The molecule has 0 N–H and O–H groups in total. The molecule has 0 amide bonds. The van der Waals surface area contributed by atoms with Crippen molar-refractivity contribution in [3.05, 3.63) is 0 Å². The van der Waals surface area contributed by atoms with Gasteiger partial charge in [0, 0.05) is 0 Å². The van der Waals surface area contributed by atoms with Gasteiger partial charge in [0.05, 0.1) is 6.10 Å². The predicted molar refractivity (Wildman–Crippen MR) is 66.5 cm³/mol. The van der Waals surface area contributed by atoms with Gasteiger partial charge < -0.3 is 0 Å². The molecule has 15 heavy (non-hydrogen) atoms. The van der Waals surface area contributed by atoms with Crippen molar-refractivity contribution in [2.24, 2.45) is 5.41 Å². The van der Waals surface area contributed by atoms with E-state index in [-0.39, 0.29) is 11.5 Å². The van der Waals surface area contributed by atoms with Gasteiger partial charge in [0.2, 0.25) is 0 Å². The molecular formula is C14H29O. The van der Waals surface area contributed by atoms with Crippen molar-refractivity contribution in [1.82, 2.24) is 0 Å². The van der Waals surface area contributed by atoms with Crippen molar-refractivity contribution in [1.29, 1.82) is 0 Å². The maximum absolute atomic E-state index is 12.2. The Morgan fingerprint density at radius 3 is 1.73 bits per heavy atom. The summed E-state index contributed by atoms with van der Waals surface area (Å²) in [7, 11) is 0. The van der Waals surface area contributed by atoms with Gasteiger partial charge in [-0.15, -0.1) is 0 Å². The Morgan fingerprint density at radius 2 is 1.40 bits per heavy atom. The Kier molecular flexibility index (Phi) is 8.13. The SMILES string of the molecule is CCCCC(C)(CCCC)C([O])CCC. The Hall–Kier alpha value is -0.0400. The van der Waals surface area contributed by atoms with Crippen molar-refractivity contribution in [3.63, 3.8) is 0 Å². The molecule has 0 bridgehead atoms. The van der Waals surface area contributed by atoms with E-state index in [2.05, 4.69) is 27.7 Å². The summed E-state index contributed by atoms with van der Waals surface area (Å²) in [6.45, 7) is 8.75. The van der Waals surface area contributed by atoms with Crippen LogP contribution in [0.25, 0.3) is 0 Å². The van der Waals surface area contributed by atoms with Crippen molar-refractivity contribution in [2.75, 3.05) is 0 Å². The summed E-state index contributed by atoms with van der Waals surface area (Å²) in [6.07, 6.45) is 8.62. The van der Waals surface area contributed by atoms with E-state index in [0.717, 1.165) is 25.7 Å². The minimum Gasteiger partial charge on any atom is -0.233 e. The summed E-state index contributed by atoms with van der Waals surface area (Å²) in [5.41, 5.74) is 0.0576. The van der Waals surface area contributed by atoms with Crippen LogP contribution < -0.4 is 0 Å². The molecule has 0 aliphatic carbocycles. The molecule has 0 aromatic carbocycles. The normalized spacial score (nSPS) is 14.2. The maximum atomic E-state index is 12.2. The van der Waals surface area contributed by atoms with Gasteiger partial charge in [-0.05, 0) is 24.7 Å². The lowest BCUT2D eigenvalue weighted by atomic mass is 9.74. The smallest absolute Gasteiger partial charge is 0.0983 e. The van der Waals surface area contributed by atoms with E-state index in [4.69, 9.17) is 0 Å². The first-order valence-electron chi connectivity index (χ1n) is 6.76. The molecule has 0 heterocycles. The fourth-order valence-corrected chi connectivity index (χ4v) is 2.22. The molecule has 0 saturated heterocycles. The monoisotopic (exact) mass is 213 g/mol. The molecule has 1 atom stereocenters. The van der Waals surface area contributed by atoms with E-state index in [9.17, 15) is 5.11 Å². The molecule has 1 nitrogen and oxygen atoms in total. The molecular weight excluding hydrogens is 184 g/mol. The molecule has 0 aliphatic heterocycles. The molecule has 0 rings (SSSR count). The van der Waals surface area contributed by atoms with E-state index >= 15 is 0 Å². The second-order valence-electron chi connectivity index (χ2n) is 5.14. The zero-order chi connectivity index (χ0) is 11.7. The first-order chi connectivity index (χ1) is 7.10. The highest BCUT2D eigenvalue weighted by atomic mass is 16.3. The Morgan fingerprint density at radius 1 is 0.933 bits per heavy atom. The van der Waals surface area contributed by atoms with Crippen LogP contribution in [-0.4, -0.2) is 6.10 Å². The fraction of sp³-hybridized carbons (Fsp3) is 1.00. The average Bonchev–Trinajstić information content (AvgIpc) is 2.24. The topological polar surface area (TPSA) is 19.9 Å². The molecule has 0 spiro atoms. The third-order valence-electron chi connectivity index (χ3n) is 3.53. The standard InChI is InChI=1S/C14H29O/c1-5-8-11-14(4,12-9-6-2)13(15)10-7-3/h13H,5-12H2,1-4H3. The number of hydrogen-bond acceptors (Lipinski definition) is 0. The first-order valence-corrected chi connectivity index (χ1v) is 6.76. The van der Waals surface area contributed by atoms with Crippen LogP contribution in [0, 0.1) is 5.41 Å². The number of rotatable bonds is 9. The lowest BCUT2D eigenvalue weighted by molar-refractivity contribution is -0.0364. The van der Waals surface area contributed by atoms with Crippen LogP contribution in [0.2, 0.25) is 0 Å². The first kappa shape index (κ1) is 15.0. The Labute approximate surface area is 96.3 Å². The molecule has 0 aliphatic rings. The van der Waals surface area contributed by atoms with Crippen molar-refractivity contribution >= 4 is 0 Å². The quantitative estimate of drug-likeness (QED) is 0.515. The molecule has 91 valence electrons. The lowest BCUT2D eigenvalue weighted by Gasteiger charge is -2.33. The lowest BCUT2D eigenvalue weighted by Crippen LogP contribution is -2.31. The van der Waals surface area contributed by atoms with E-state index < -0.39 is 0 Å². The third kappa shape index (κ3) is 5.55. The average molecular weight is 213 g/mol. The van der Waals surface area contributed by atoms with Crippen LogP contribution in [0.4, 0.5) is 0 Å². The number of hydrogen-bond donors (Lipinski definition) is 0. The van der Waals surface area contributed by atoms with Gasteiger partial charge in [0.1, 0.15) is 0 Å². The van der Waals surface area contributed by atoms with Crippen LogP contribution in [0.3, 0.4) is 0 Å². The van der Waals surface area contributed by atoms with Crippen LogP contribution in [0.1, 0.15) is 79.1 Å². The van der Waals surface area contributed by atoms with E-state index in [1.807, 2.05) is 0 Å². The van der Waals surface area contributed by atoms with Crippen LogP contribution >= 0.6 is 0 Å². The third-order valence-corrected chi connectivity index (χ3v) is 3.53. The Balaban J connectivity index is 4.23. The van der Waals surface area contributed by atoms with Gasteiger partial charge in [-0.1, -0.05) is 59.8 Å². The minimum absolute atomic E-state index is 0.0576. The maximum Gasteiger partial charge on any atom is 0.0983 e. The zero-order valence-corrected chi connectivity index (χ0v) is 11.1. The van der Waals surface area contributed by atoms with Gasteiger partial charge in [-0.25, -0.2) is 5.11 Å². The van der Waals surface area contributed by atoms with Gasteiger partial charge in [-0.2, -0.15) is 0 Å². The highest BCUT2D eigenvalue weighted by Crippen LogP contribution is 2.36. The molecule has 1 radical (unpaired) electrons. The second-order valence-corrected chi connectivity index (χ2v) is 5.14. The van der Waals surface area contributed by atoms with Crippen molar-refractivity contribution in [3.8, 4) is 0 Å². The van der Waals surface area contributed by atoms with E-state index in [1.54, 1.807) is 0 Å². The second kappa shape index (κ2) is 8.15. The van der Waals surface area contributed by atoms with Crippen LogP contribution in [0.5, 0.6) is 0 Å². The highest BCUT2D eigenvalue weighted by Gasteiger charge is 2.32. The van der Waals surface area contributed by atoms with Gasteiger partial charge in [0.15, 0.2) is 0 Å². The van der Waals surface area contributed by atoms with E-state index in [1.165, 1.54) is 25.7 Å². The summed E-state index contributed by atoms with van der Waals surface area (Å²) in [5.74, 6) is 0.